The molecule has 0 heterocycles. The van der Waals surface area contributed by atoms with Gasteiger partial charge in [0, 0.05) is 6.42 Å². The maximum absolute atomic E-state index is 11.5. The van der Waals surface area contributed by atoms with Crippen molar-refractivity contribution in [1.29, 1.82) is 0 Å². The SMILES string of the molecule is CCOC(=O)C(C)(N)Cc1ccc(O)cc1. The summed E-state index contributed by atoms with van der Waals surface area (Å²) in [5.41, 5.74) is 5.73. The molecule has 16 heavy (non-hydrogen) atoms. The molecule has 0 aromatic heterocycles. The van der Waals surface area contributed by atoms with Crippen LogP contribution in [0.4, 0.5) is 0 Å². The van der Waals surface area contributed by atoms with Crippen LogP contribution in [0.25, 0.3) is 0 Å². The fraction of sp³-hybridized carbons (Fsp3) is 0.417. The molecule has 88 valence electrons. The van der Waals surface area contributed by atoms with E-state index in [9.17, 15) is 4.79 Å². The lowest BCUT2D eigenvalue weighted by Gasteiger charge is -2.22. The lowest BCUT2D eigenvalue weighted by atomic mass is 9.94. The van der Waals surface area contributed by atoms with Gasteiger partial charge in [-0.1, -0.05) is 12.1 Å². The van der Waals surface area contributed by atoms with Gasteiger partial charge in [0.2, 0.25) is 0 Å². The van der Waals surface area contributed by atoms with Crippen molar-refractivity contribution in [2.24, 2.45) is 5.73 Å². The molecule has 0 fully saturated rings. The number of carbonyl (C=O) groups excluding carboxylic acids is 1. The predicted molar refractivity (Wildman–Crippen MR) is 61.0 cm³/mol. The maximum atomic E-state index is 11.5. The summed E-state index contributed by atoms with van der Waals surface area (Å²) in [4.78, 5) is 11.5. The Morgan fingerprint density at radius 2 is 2.00 bits per heavy atom. The van der Waals surface area contributed by atoms with Crippen molar-refractivity contribution in [2.45, 2.75) is 25.8 Å². The number of phenolic OH excluding ortho intramolecular Hbond substituents is 1. The fourth-order valence-electron chi connectivity index (χ4n) is 1.41. The van der Waals surface area contributed by atoms with E-state index in [2.05, 4.69) is 0 Å². The highest BCUT2D eigenvalue weighted by Gasteiger charge is 2.29. The molecular weight excluding hydrogens is 206 g/mol. The number of carbonyl (C=O) groups is 1. The van der Waals surface area contributed by atoms with Gasteiger partial charge in [-0.05, 0) is 31.5 Å². The average molecular weight is 223 g/mol. The smallest absolute Gasteiger partial charge is 0.326 e. The first-order chi connectivity index (χ1) is 7.45. The second-order valence-corrected chi connectivity index (χ2v) is 3.98. The number of nitrogens with two attached hydrogens (primary N) is 1. The number of hydrogen-bond acceptors (Lipinski definition) is 4. The molecule has 0 amide bonds. The van der Waals surface area contributed by atoms with Crippen LogP contribution in [0.2, 0.25) is 0 Å². The molecule has 1 unspecified atom stereocenters. The summed E-state index contributed by atoms with van der Waals surface area (Å²) < 4.78 is 4.89. The second kappa shape index (κ2) is 4.99. The van der Waals surface area contributed by atoms with E-state index in [-0.39, 0.29) is 5.75 Å². The molecular formula is C12H17NO3. The van der Waals surface area contributed by atoms with Crippen LogP contribution in [0.5, 0.6) is 5.75 Å². The van der Waals surface area contributed by atoms with Crippen molar-refractivity contribution in [1.82, 2.24) is 0 Å². The van der Waals surface area contributed by atoms with Gasteiger partial charge in [0.25, 0.3) is 0 Å². The Hall–Kier alpha value is -1.55. The standard InChI is InChI=1S/C12H17NO3/c1-3-16-11(15)12(2,13)8-9-4-6-10(14)7-5-9/h4-7,14H,3,8,13H2,1-2H3. The number of benzene rings is 1. The molecule has 0 bridgehead atoms. The Labute approximate surface area is 95.0 Å². The molecule has 1 aromatic rings. The third kappa shape index (κ3) is 3.24. The summed E-state index contributed by atoms with van der Waals surface area (Å²) in [6.45, 7) is 3.70. The predicted octanol–water partition coefficient (Wildman–Crippen LogP) is 1.22. The summed E-state index contributed by atoms with van der Waals surface area (Å²) >= 11 is 0. The number of hydrogen-bond donors (Lipinski definition) is 2. The average Bonchev–Trinajstić information content (AvgIpc) is 2.21. The minimum atomic E-state index is -1.03. The Morgan fingerprint density at radius 1 is 1.44 bits per heavy atom. The minimum absolute atomic E-state index is 0.193. The van der Waals surface area contributed by atoms with Crippen LogP contribution in [0, 0.1) is 0 Å². The number of aromatic hydroxyl groups is 1. The highest BCUT2D eigenvalue weighted by molar-refractivity contribution is 5.80. The van der Waals surface area contributed by atoms with Crippen LogP contribution < -0.4 is 5.73 Å². The summed E-state index contributed by atoms with van der Waals surface area (Å²) in [5.74, 6) is -0.221. The topological polar surface area (TPSA) is 72.5 Å². The first-order valence-electron chi connectivity index (χ1n) is 5.19. The van der Waals surface area contributed by atoms with Crippen LogP contribution in [0.15, 0.2) is 24.3 Å². The Balaban J connectivity index is 2.72. The third-order valence-electron chi connectivity index (χ3n) is 2.25. The molecule has 3 N–H and O–H groups in total. The van der Waals surface area contributed by atoms with Crippen molar-refractivity contribution >= 4 is 5.97 Å². The molecule has 0 saturated carbocycles. The second-order valence-electron chi connectivity index (χ2n) is 3.98. The van der Waals surface area contributed by atoms with Gasteiger partial charge in [0.1, 0.15) is 11.3 Å². The van der Waals surface area contributed by atoms with E-state index in [1.54, 1.807) is 38.1 Å². The lowest BCUT2D eigenvalue weighted by molar-refractivity contribution is -0.148. The number of rotatable bonds is 4. The van der Waals surface area contributed by atoms with E-state index in [0.29, 0.717) is 13.0 Å². The van der Waals surface area contributed by atoms with Crippen LogP contribution in [-0.2, 0) is 16.0 Å². The quantitative estimate of drug-likeness (QED) is 0.753. The van der Waals surface area contributed by atoms with Crippen LogP contribution in [0.1, 0.15) is 19.4 Å². The summed E-state index contributed by atoms with van der Waals surface area (Å²) in [6.07, 6.45) is 0.381. The summed E-state index contributed by atoms with van der Waals surface area (Å²) in [6, 6.07) is 6.60. The Bertz CT molecular complexity index is 357. The van der Waals surface area contributed by atoms with Crippen LogP contribution in [-0.4, -0.2) is 23.2 Å². The van der Waals surface area contributed by atoms with Crippen molar-refractivity contribution in [3.8, 4) is 5.75 Å². The lowest BCUT2D eigenvalue weighted by Crippen LogP contribution is -2.48. The molecule has 1 atom stereocenters. The molecule has 0 radical (unpaired) electrons. The van der Waals surface area contributed by atoms with Gasteiger partial charge in [0.15, 0.2) is 0 Å². The number of ether oxygens (including phenoxy) is 1. The Morgan fingerprint density at radius 3 is 2.50 bits per heavy atom. The zero-order chi connectivity index (χ0) is 12.2. The maximum Gasteiger partial charge on any atom is 0.326 e. The van der Waals surface area contributed by atoms with Crippen molar-refractivity contribution in [3.05, 3.63) is 29.8 Å². The van der Waals surface area contributed by atoms with Crippen molar-refractivity contribution in [3.63, 3.8) is 0 Å². The van der Waals surface area contributed by atoms with Gasteiger partial charge in [0.05, 0.1) is 6.61 Å². The number of phenols is 1. The van der Waals surface area contributed by atoms with Crippen molar-refractivity contribution in [2.75, 3.05) is 6.61 Å². The molecule has 1 aromatic carbocycles. The highest BCUT2D eigenvalue weighted by Crippen LogP contribution is 2.15. The normalized spacial score (nSPS) is 14.2. The van der Waals surface area contributed by atoms with Gasteiger partial charge in [-0.15, -0.1) is 0 Å². The first-order valence-corrected chi connectivity index (χ1v) is 5.19. The van der Waals surface area contributed by atoms with Crippen LogP contribution in [0.3, 0.4) is 0 Å². The molecule has 0 saturated heterocycles. The van der Waals surface area contributed by atoms with E-state index >= 15 is 0 Å². The zero-order valence-electron chi connectivity index (χ0n) is 9.56. The van der Waals surface area contributed by atoms with Crippen LogP contribution >= 0.6 is 0 Å². The molecule has 0 aliphatic heterocycles. The molecule has 4 heteroatoms. The Kier molecular flexibility index (Phi) is 3.90. The minimum Gasteiger partial charge on any atom is -0.508 e. The van der Waals surface area contributed by atoms with E-state index in [1.807, 2.05) is 0 Å². The molecule has 4 nitrogen and oxygen atoms in total. The summed E-state index contributed by atoms with van der Waals surface area (Å²) in [7, 11) is 0. The largest absolute Gasteiger partial charge is 0.508 e. The molecule has 0 spiro atoms. The van der Waals surface area contributed by atoms with Gasteiger partial charge >= 0.3 is 5.97 Å². The van der Waals surface area contributed by atoms with E-state index in [0.717, 1.165) is 5.56 Å². The van der Waals surface area contributed by atoms with E-state index < -0.39 is 11.5 Å². The first kappa shape index (κ1) is 12.5. The summed E-state index contributed by atoms with van der Waals surface area (Å²) in [5, 5.41) is 9.13. The molecule has 0 aliphatic rings. The third-order valence-corrected chi connectivity index (χ3v) is 2.25. The molecule has 1 rings (SSSR count). The fourth-order valence-corrected chi connectivity index (χ4v) is 1.41. The number of esters is 1. The van der Waals surface area contributed by atoms with Crippen molar-refractivity contribution < 1.29 is 14.6 Å². The van der Waals surface area contributed by atoms with Gasteiger partial charge in [-0.2, -0.15) is 0 Å². The molecule has 0 aliphatic carbocycles. The monoisotopic (exact) mass is 223 g/mol. The highest BCUT2D eigenvalue weighted by atomic mass is 16.5. The van der Waals surface area contributed by atoms with E-state index in [1.165, 1.54) is 0 Å². The zero-order valence-corrected chi connectivity index (χ0v) is 9.56. The van der Waals surface area contributed by atoms with Gasteiger partial charge < -0.3 is 15.6 Å². The van der Waals surface area contributed by atoms with Gasteiger partial charge in [-0.25, -0.2) is 0 Å². The van der Waals surface area contributed by atoms with Gasteiger partial charge in [-0.3, -0.25) is 4.79 Å². The van der Waals surface area contributed by atoms with E-state index in [4.69, 9.17) is 15.6 Å².